The molecule has 0 unspecified atom stereocenters. The second-order valence-electron chi connectivity index (χ2n) is 6.25. The summed E-state index contributed by atoms with van der Waals surface area (Å²) >= 11 is 0. The Morgan fingerprint density at radius 1 is 1.08 bits per heavy atom. The second-order valence-corrected chi connectivity index (χ2v) is 6.25. The molecule has 1 aliphatic heterocycles. The van der Waals surface area contributed by atoms with E-state index in [9.17, 15) is 4.39 Å². The molecule has 4 aromatic rings. The van der Waals surface area contributed by atoms with E-state index in [0.29, 0.717) is 18.0 Å². The maximum Gasteiger partial charge on any atom is 0.156 e. The molecule has 1 aromatic carbocycles. The fourth-order valence-corrected chi connectivity index (χ4v) is 3.36. The molecule has 0 aliphatic carbocycles. The van der Waals surface area contributed by atoms with Crippen molar-refractivity contribution in [3.63, 3.8) is 0 Å². The average molecular weight is 349 g/mol. The van der Waals surface area contributed by atoms with Gasteiger partial charge in [0.15, 0.2) is 5.65 Å². The maximum atomic E-state index is 13.4. The molecule has 0 fully saturated rings. The second kappa shape index (κ2) is 5.63. The van der Waals surface area contributed by atoms with Crippen molar-refractivity contribution < 1.29 is 4.39 Å². The first-order chi connectivity index (χ1) is 12.7. The van der Waals surface area contributed by atoms with Crippen molar-refractivity contribution in [2.45, 2.75) is 13.1 Å². The quantitative estimate of drug-likeness (QED) is 0.579. The van der Waals surface area contributed by atoms with Crippen molar-refractivity contribution in [3.8, 4) is 22.6 Å². The van der Waals surface area contributed by atoms with Crippen LogP contribution in [0.4, 0.5) is 10.2 Å². The van der Waals surface area contributed by atoms with Gasteiger partial charge < -0.3 is 15.6 Å². The molecule has 0 saturated carbocycles. The first-order valence-corrected chi connectivity index (χ1v) is 8.37. The number of fused-ring (bicyclic) bond motifs is 2. The minimum atomic E-state index is -0.269. The van der Waals surface area contributed by atoms with Crippen molar-refractivity contribution in [2.24, 2.45) is 0 Å². The van der Waals surface area contributed by atoms with Crippen LogP contribution in [0.15, 0.2) is 42.6 Å². The number of hydrogen-bond acceptors (Lipinski definition) is 5. The van der Waals surface area contributed by atoms with Crippen molar-refractivity contribution in [1.29, 1.82) is 0 Å². The van der Waals surface area contributed by atoms with Gasteiger partial charge in [0, 0.05) is 18.7 Å². The van der Waals surface area contributed by atoms with Crippen LogP contribution < -0.4 is 11.1 Å². The van der Waals surface area contributed by atoms with Crippen LogP contribution in [0.25, 0.3) is 28.3 Å². The summed E-state index contributed by atoms with van der Waals surface area (Å²) in [5.74, 6) is 1.10. The van der Waals surface area contributed by atoms with E-state index in [1.165, 1.54) is 12.1 Å². The number of hydrogen-bond donors (Lipinski definition) is 2. The van der Waals surface area contributed by atoms with Crippen molar-refractivity contribution in [2.75, 3.05) is 12.3 Å². The molecular weight excluding hydrogens is 333 g/mol. The number of nitrogen functional groups attached to an aromatic ring is 1. The van der Waals surface area contributed by atoms with Gasteiger partial charge in [0.05, 0.1) is 24.1 Å². The Bertz CT molecular complexity index is 1110. The fourth-order valence-electron chi connectivity index (χ4n) is 3.36. The molecule has 0 saturated heterocycles. The monoisotopic (exact) mass is 349 g/mol. The lowest BCUT2D eigenvalue weighted by Crippen LogP contribution is -2.28. The third kappa shape index (κ3) is 2.34. The number of rotatable bonds is 2. The zero-order valence-electron chi connectivity index (χ0n) is 13.9. The van der Waals surface area contributed by atoms with Crippen molar-refractivity contribution >= 4 is 11.5 Å². The van der Waals surface area contributed by atoms with Crippen LogP contribution in [-0.4, -0.2) is 30.7 Å². The largest absolute Gasteiger partial charge is 0.382 e. The van der Waals surface area contributed by atoms with Gasteiger partial charge in [0.2, 0.25) is 0 Å². The molecule has 0 amide bonds. The summed E-state index contributed by atoms with van der Waals surface area (Å²) in [6, 6.07) is 10.2. The van der Waals surface area contributed by atoms with Gasteiger partial charge >= 0.3 is 0 Å². The Kier molecular flexibility index (Phi) is 3.26. The standard InChI is InChI=1S/C18H16FN7/c19-12-3-1-11(2-4-12)17-18(25-8-7-21-9-16(25)23-17)13-5-6-15-22-14(20)10-26(15)24-13/h1-6,10,21H,7-9,20H2. The lowest BCUT2D eigenvalue weighted by Gasteiger charge is -2.17. The van der Waals surface area contributed by atoms with Crippen LogP contribution in [0, 0.1) is 5.82 Å². The van der Waals surface area contributed by atoms with Crippen LogP contribution >= 0.6 is 0 Å². The molecule has 3 N–H and O–H groups in total. The number of nitrogens with zero attached hydrogens (tertiary/aromatic N) is 5. The van der Waals surface area contributed by atoms with E-state index in [2.05, 4.69) is 20.0 Å². The summed E-state index contributed by atoms with van der Waals surface area (Å²) in [7, 11) is 0. The van der Waals surface area contributed by atoms with Crippen LogP contribution in [0.5, 0.6) is 0 Å². The number of aromatic nitrogens is 5. The highest BCUT2D eigenvalue weighted by Crippen LogP contribution is 2.33. The lowest BCUT2D eigenvalue weighted by molar-refractivity contribution is 0.508. The Balaban J connectivity index is 1.75. The molecule has 1 aliphatic rings. The van der Waals surface area contributed by atoms with Crippen molar-refractivity contribution in [3.05, 3.63) is 54.2 Å². The number of nitrogens with one attached hydrogen (secondary N) is 1. The molecule has 8 heteroatoms. The number of benzene rings is 1. The Morgan fingerprint density at radius 3 is 2.77 bits per heavy atom. The molecule has 4 heterocycles. The Morgan fingerprint density at radius 2 is 1.92 bits per heavy atom. The zero-order valence-corrected chi connectivity index (χ0v) is 13.9. The van der Waals surface area contributed by atoms with Crippen LogP contribution in [0.2, 0.25) is 0 Å². The van der Waals surface area contributed by atoms with E-state index in [1.807, 2.05) is 12.1 Å². The molecule has 0 radical (unpaired) electrons. The van der Waals surface area contributed by atoms with Gasteiger partial charge in [-0.25, -0.2) is 18.9 Å². The van der Waals surface area contributed by atoms with E-state index in [1.54, 1.807) is 22.8 Å². The van der Waals surface area contributed by atoms with Crippen LogP contribution in [-0.2, 0) is 13.1 Å². The summed E-state index contributed by atoms with van der Waals surface area (Å²) < 4.78 is 17.2. The van der Waals surface area contributed by atoms with E-state index in [0.717, 1.165) is 41.6 Å². The van der Waals surface area contributed by atoms with Crippen LogP contribution in [0.3, 0.4) is 0 Å². The van der Waals surface area contributed by atoms with Crippen LogP contribution in [0.1, 0.15) is 5.82 Å². The zero-order chi connectivity index (χ0) is 17.7. The van der Waals surface area contributed by atoms with E-state index in [-0.39, 0.29) is 5.82 Å². The maximum absolute atomic E-state index is 13.4. The molecule has 0 spiro atoms. The fraction of sp³-hybridized carbons (Fsp3) is 0.167. The SMILES string of the molecule is Nc1cn2nc(-c3c(-c4ccc(F)cc4)nc4n3CCNC4)ccc2n1. The molecule has 0 atom stereocenters. The summed E-state index contributed by atoms with van der Waals surface area (Å²) in [5.41, 5.74) is 9.81. The lowest BCUT2D eigenvalue weighted by atomic mass is 10.1. The highest BCUT2D eigenvalue weighted by atomic mass is 19.1. The first-order valence-electron chi connectivity index (χ1n) is 8.37. The molecule has 3 aromatic heterocycles. The smallest absolute Gasteiger partial charge is 0.156 e. The van der Waals surface area contributed by atoms with Gasteiger partial charge in [-0.2, -0.15) is 5.10 Å². The predicted octanol–water partition coefficient (Wildman–Crippen LogP) is 2.08. The Hall–Kier alpha value is -3.26. The van der Waals surface area contributed by atoms with Gasteiger partial charge in [-0.3, -0.25) is 0 Å². The third-order valence-corrected chi connectivity index (χ3v) is 4.54. The topological polar surface area (TPSA) is 86.1 Å². The molecule has 0 bridgehead atoms. The number of imidazole rings is 2. The Labute approximate surface area is 148 Å². The summed E-state index contributed by atoms with van der Waals surface area (Å²) in [4.78, 5) is 9.02. The minimum absolute atomic E-state index is 0.269. The average Bonchev–Trinajstić information content (AvgIpc) is 3.21. The number of nitrogens with two attached hydrogens (primary N) is 1. The summed E-state index contributed by atoms with van der Waals surface area (Å²) in [6.07, 6.45) is 1.69. The van der Waals surface area contributed by atoms with E-state index >= 15 is 0 Å². The molecular formula is C18H16FN7. The molecule has 26 heavy (non-hydrogen) atoms. The molecule has 5 rings (SSSR count). The highest BCUT2D eigenvalue weighted by molar-refractivity contribution is 5.77. The number of anilines is 1. The minimum Gasteiger partial charge on any atom is -0.382 e. The van der Waals surface area contributed by atoms with Gasteiger partial charge in [0.25, 0.3) is 0 Å². The summed E-state index contributed by atoms with van der Waals surface area (Å²) in [5, 5.41) is 8.00. The first kappa shape index (κ1) is 15.0. The molecule has 7 nitrogen and oxygen atoms in total. The van der Waals surface area contributed by atoms with Crippen molar-refractivity contribution in [1.82, 2.24) is 29.5 Å². The highest BCUT2D eigenvalue weighted by Gasteiger charge is 2.23. The molecule has 130 valence electrons. The van der Waals surface area contributed by atoms with E-state index < -0.39 is 0 Å². The predicted molar refractivity (Wildman–Crippen MR) is 95.7 cm³/mol. The van der Waals surface area contributed by atoms with Gasteiger partial charge in [-0.05, 0) is 36.4 Å². The van der Waals surface area contributed by atoms with Gasteiger partial charge in [-0.15, -0.1) is 0 Å². The summed E-state index contributed by atoms with van der Waals surface area (Å²) in [6.45, 7) is 2.35. The van der Waals surface area contributed by atoms with E-state index in [4.69, 9.17) is 10.7 Å². The van der Waals surface area contributed by atoms with Gasteiger partial charge in [-0.1, -0.05) is 0 Å². The normalized spacial score (nSPS) is 13.9. The third-order valence-electron chi connectivity index (χ3n) is 4.54. The number of halogens is 1. The van der Waals surface area contributed by atoms with Gasteiger partial charge in [0.1, 0.15) is 23.2 Å².